The maximum absolute atomic E-state index is 13.0. The van der Waals surface area contributed by atoms with Gasteiger partial charge in [-0.15, -0.1) is 0 Å². The van der Waals surface area contributed by atoms with Crippen molar-refractivity contribution in [2.24, 2.45) is 0 Å². The Morgan fingerprint density at radius 2 is 1.23 bits per heavy atom. The van der Waals surface area contributed by atoms with Crippen molar-refractivity contribution in [2.45, 2.75) is 13.3 Å². The van der Waals surface area contributed by atoms with Crippen molar-refractivity contribution in [3.8, 4) is 0 Å². The van der Waals surface area contributed by atoms with Crippen LogP contribution >= 0.6 is 0 Å². The zero-order chi connectivity index (χ0) is 18.4. The first-order valence-corrected chi connectivity index (χ1v) is 8.69. The van der Waals surface area contributed by atoms with Crippen LogP contribution in [0.25, 0.3) is 5.57 Å². The van der Waals surface area contributed by atoms with Crippen molar-refractivity contribution in [3.63, 3.8) is 0 Å². The van der Waals surface area contributed by atoms with Crippen LogP contribution in [0.1, 0.15) is 38.8 Å². The predicted octanol–water partition coefficient (Wildman–Crippen LogP) is 5.40. The van der Waals surface area contributed by atoms with Gasteiger partial charge in [0.25, 0.3) is 0 Å². The number of Topliss-reactive ketones (excluding diaryl/α,β-unsaturated/α-hetero) is 1. The van der Waals surface area contributed by atoms with E-state index in [1.807, 2.05) is 72.8 Å². The normalized spacial score (nSPS) is 11.2. The van der Waals surface area contributed by atoms with E-state index in [4.69, 9.17) is 0 Å². The van der Waals surface area contributed by atoms with Gasteiger partial charge in [0.05, 0.1) is 0 Å². The number of benzene rings is 3. The van der Waals surface area contributed by atoms with Crippen molar-refractivity contribution in [2.75, 3.05) is 0 Å². The van der Waals surface area contributed by atoms with Crippen molar-refractivity contribution < 1.29 is 9.59 Å². The summed E-state index contributed by atoms with van der Waals surface area (Å²) in [5.41, 5.74) is 3.46. The minimum Gasteiger partial charge on any atom is -0.289 e. The number of hydrogen-bond donors (Lipinski definition) is 0. The summed E-state index contributed by atoms with van der Waals surface area (Å²) in [6, 6.07) is 25.9. The molecule has 0 heterocycles. The van der Waals surface area contributed by atoms with E-state index < -0.39 is 0 Å². The monoisotopic (exact) mass is 340 g/mol. The van der Waals surface area contributed by atoms with Gasteiger partial charge >= 0.3 is 0 Å². The standard InChI is InChI=1S/C24H20O2/c1-2-18-13-15-20(16-14-18)23(25)17-22(19-9-5-3-6-10-19)24(26)21-11-7-4-8-12-21/h3-17H,2H2,1H3/b22-17+. The maximum atomic E-state index is 13.0. The first-order valence-electron chi connectivity index (χ1n) is 8.69. The molecular weight excluding hydrogens is 320 g/mol. The quantitative estimate of drug-likeness (QED) is 0.445. The highest BCUT2D eigenvalue weighted by molar-refractivity contribution is 6.32. The van der Waals surface area contributed by atoms with Gasteiger partial charge in [-0.1, -0.05) is 91.9 Å². The number of carbonyl (C=O) groups is 2. The van der Waals surface area contributed by atoms with Crippen molar-refractivity contribution in [1.82, 2.24) is 0 Å². The van der Waals surface area contributed by atoms with Gasteiger partial charge in [-0.05, 0) is 23.6 Å². The summed E-state index contributed by atoms with van der Waals surface area (Å²) < 4.78 is 0. The van der Waals surface area contributed by atoms with E-state index in [1.165, 1.54) is 11.6 Å². The molecular formula is C24H20O2. The third kappa shape index (κ3) is 4.04. The molecule has 3 rings (SSSR count). The number of ketones is 2. The molecule has 2 nitrogen and oxygen atoms in total. The molecule has 3 aromatic carbocycles. The fourth-order valence-corrected chi connectivity index (χ4v) is 2.76. The molecule has 0 spiro atoms. The summed E-state index contributed by atoms with van der Waals surface area (Å²) in [7, 11) is 0. The largest absolute Gasteiger partial charge is 0.289 e. The van der Waals surface area contributed by atoms with Gasteiger partial charge in [0, 0.05) is 16.7 Å². The van der Waals surface area contributed by atoms with E-state index in [-0.39, 0.29) is 11.6 Å². The van der Waals surface area contributed by atoms with Crippen LogP contribution in [0.15, 0.2) is 91.0 Å². The highest BCUT2D eigenvalue weighted by Crippen LogP contribution is 2.21. The zero-order valence-corrected chi connectivity index (χ0v) is 14.7. The fourth-order valence-electron chi connectivity index (χ4n) is 2.76. The Bertz CT molecular complexity index is 921. The number of allylic oxidation sites excluding steroid dienone is 2. The Morgan fingerprint density at radius 3 is 1.77 bits per heavy atom. The molecule has 3 aromatic rings. The minimum absolute atomic E-state index is 0.157. The number of carbonyl (C=O) groups excluding carboxylic acids is 2. The van der Waals surface area contributed by atoms with Gasteiger partial charge in [-0.25, -0.2) is 0 Å². The zero-order valence-electron chi connectivity index (χ0n) is 14.7. The SMILES string of the molecule is CCc1ccc(C(=O)/C=C(/C(=O)c2ccccc2)c2ccccc2)cc1. The topological polar surface area (TPSA) is 34.1 Å². The number of hydrogen-bond acceptors (Lipinski definition) is 2. The van der Waals surface area contributed by atoms with E-state index in [9.17, 15) is 9.59 Å². The Balaban J connectivity index is 2.01. The molecule has 26 heavy (non-hydrogen) atoms. The van der Waals surface area contributed by atoms with Gasteiger partial charge in [0.2, 0.25) is 0 Å². The van der Waals surface area contributed by atoms with Crippen LogP contribution in [0.2, 0.25) is 0 Å². The summed E-state index contributed by atoms with van der Waals surface area (Å²) in [6.45, 7) is 2.07. The molecule has 0 saturated carbocycles. The van der Waals surface area contributed by atoms with Gasteiger partial charge in [-0.3, -0.25) is 9.59 Å². The van der Waals surface area contributed by atoms with Crippen molar-refractivity contribution in [1.29, 1.82) is 0 Å². The Hall–Kier alpha value is -3.26. The first-order chi connectivity index (χ1) is 12.7. The van der Waals surface area contributed by atoms with Gasteiger partial charge in [0.15, 0.2) is 11.6 Å². The molecule has 0 radical (unpaired) electrons. The molecule has 0 aliphatic rings. The number of rotatable bonds is 6. The highest BCUT2D eigenvalue weighted by Gasteiger charge is 2.16. The second-order valence-electron chi connectivity index (χ2n) is 6.03. The molecule has 128 valence electrons. The lowest BCUT2D eigenvalue weighted by atomic mass is 9.94. The third-order valence-electron chi connectivity index (χ3n) is 4.29. The van der Waals surface area contributed by atoms with Crippen LogP contribution < -0.4 is 0 Å². The van der Waals surface area contributed by atoms with Gasteiger partial charge in [0.1, 0.15) is 0 Å². The van der Waals surface area contributed by atoms with E-state index in [2.05, 4.69) is 6.92 Å². The maximum Gasteiger partial charge on any atom is 0.193 e. The second-order valence-corrected chi connectivity index (χ2v) is 6.03. The molecule has 0 aromatic heterocycles. The molecule has 0 atom stereocenters. The molecule has 0 aliphatic carbocycles. The Labute approximate surface area is 153 Å². The van der Waals surface area contributed by atoms with Crippen molar-refractivity contribution in [3.05, 3.63) is 113 Å². The minimum atomic E-state index is -0.171. The lowest BCUT2D eigenvalue weighted by molar-refractivity contribution is 0.102. The van der Waals surface area contributed by atoms with Crippen LogP contribution in [-0.4, -0.2) is 11.6 Å². The lowest BCUT2D eigenvalue weighted by Gasteiger charge is -2.08. The van der Waals surface area contributed by atoms with Crippen LogP contribution in [0.4, 0.5) is 0 Å². The summed E-state index contributed by atoms with van der Waals surface area (Å²) >= 11 is 0. The Morgan fingerprint density at radius 1 is 0.692 bits per heavy atom. The second kappa shape index (κ2) is 8.21. The molecule has 2 heteroatoms. The molecule has 0 bridgehead atoms. The van der Waals surface area contributed by atoms with Crippen LogP contribution in [0, 0.1) is 0 Å². The smallest absolute Gasteiger partial charge is 0.193 e. The average Bonchev–Trinajstić information content (AvgIpc) is 2.72. The van der Waals surface area contributed by atoms with Gasteiger partial charge < -0.3 is 0 Å². The van der Waals surface area contributed by atoms with Crippen LogP contribution in [-0.2, 0) is 6.42 Å². The molecule has 0 saturated heterocycles. The van der Waals surface area contributed by atoms with Crippen LogP contribution in [0.3, 0.4) is 0 Å². The Kier molecular flexibility index (Phi) is 5.55. The first kappa shape index (κ1) is 17.6. The summed E-state index contributed by atoms with van der Waals surface area (Å²) in [5.74, 6) is -0.328. The summed E-state index contributed by atoms with van der Waals surface area (Å²) in [5, 5.41) is 0. The van der Waals surface area contributed by atoms with E-state index in [1.54, 1.807) is 12.1 Å². The van der Waals surface area contributed by atoms with Gasteiger partial charge in [-0.2, -0.15) is 0 Å². The van der Waals surface area contributed by atoms with E-state index in [0.29, 0.717) is 16.7 Å². The lowest BCUT2D eigenvalue weighted by Crippen LogP contribution is -2.06. The molecule has 0 fully saturated rings. The molecule has 0 amide bonds. The van der Waals surface area contributed by atoms with Crippen LogP contribution in [0.5, 0.6) is 0 Å². The molecule has 0 unspecified atom stereocenters. The predicted molar refractivity (Wildman–Crippen MR) is 105 cm³/mol. The third-order valence-corrected chi connectivity index (χ3v) is 4.29. The fraction of sp³-hybridized carbons (Fsp3) is 0.0833. The average molecular weight is 340 g/mol. The van der Waals surface area contributed by atoms with Crippen molar-refractivity contribution >= 4 is 17.1 Å². The highest BCUT2D eigenvalue weighted by atomic mass is 16.1. The van der Waals surface area contributed by atoms with E-state index in [0.717, 1.165) is 12.0 Å². The number of aryl methyl sites for hydroxylation is 1. The molecule has 0 N–H and O–H groups in total. The molecule has 0 aliphatic heterocycles. The van der Waals surface area contributed by atoms with E-state index >= 15 is 0 Å². The summed E-state index contributed by atoms with van der Waals surface area (Å²) in [6.07, 6.45) is 2.37. The summed E-state index contributed by atoms with van der Waals surface area (Å²) in [4.78, 5) is 25.7.